The van der Waals surface area contributed by atoms with E-state index in [9.17, 15) is 0 Å². The SMILES string of the molecule is CC.CC.CC.CCC.CCC.Cc1ccccc1.Cc1ccccc1.Cc1ccccc1. The molecule has 0 unspecified atom stereocenters. The summed E-state index contributed by atoms with van der Waals surface area (Å²) in [4.78, 5) is 0. The molecule has 0 heterocycles. The highest BCUT2D eigenvalue weighted by atomic mass is 13.8. The molecule has 0 aliphatic rings. The van der Waals surface area contributed by atoms with E-state index in [1.807, 2.05) is 96.1 Å². The van der Waals surface area contributed by atoms with Crippen LogP contribution in [0.2, 0.25) is 0 Å². The van der Waals surface area contributed by atoms with Crippen molar-refractivity contribution in [2.75, 3.05) is 0 Å². The summed E-state index contributed by atoms with van der Waals surface area (Å²) in [7, 11) is 0. The predicted octanol–water partition coefficient (Wildman–Crippen LogP) is 11.9. The summed E-state index contributed by atoms with van der Waals surface area (Å²) >= 11 is 0. The van der Waals surface area contributed by atoms with Gasteiger partial charge in [0.25, 0.3) is 0 Å². The van der Waals surface area contributed by atoms with Crippen molar-refractivity contribution in [1.82, 2.24) is 0 Å². The van der Waals surface area contributed by atoms with Crippen molar-refractivity contribution in [1.29, 1.82) is 0 Å². The lowest BCUT2D eigenvalue weighted by molar-refractivity contribution is 1.09. The van der Waals surface area contributed by atoms with Crippen molar-refractivity contribution in [2.24, 2.45) is 0 Å². The van der Waals surface area contributed by atoms with Crippen molar-refractivity contribution < 1.29 is 0 Å². The van der Waals surface area contributed by atoms with Crippen LogP contribution in [0.15, 0.2) is 91.0 Å². The van der Waals surface area contributed by atoms with Crippen LogP contribution in [0.1, 0.15) is 98.8 Å². The minimum Gasteiger partial charge on any atom is -0.0683 e. The van der Waals surface area contributed by atoms with Gasteiger partial charge in [-0.25, -0.2) is 0 Å². The third kappa shape index (κ3) is 48.4. The van der Waals surface area contributed by atoms with E-state index in [2.05, 4.69) is 84.9 Å². The van der Waals surface area contributed by atoms with Crippen LogP contribution < -0.4 is 0 Å². The van der Waals surface area contributed by atoms with Gasteiger partial charge in [0.2, 0.25) is 0 Å². The summed E-state index contributed by atoms with van der Waals surface area (Å²) in [6.07, 6.45) is 2.50. The fraction of sp³-hybridized carbons (Fsp3) is 0.455. The predicted molar refractivity (Wildman–Crippen MR) is 160 cm³/mol. The molecule has 0 nitrogen and oxygen atoms in total. The Bertz CT molecular complexity index is 506. The maximum absolute atomic E-state index is 2.12. The zero-order chi connectivity index (χ0) is 26.8. The number of aryl methyl sites for hydroxylation is 3. The van der Waals surface area contributed by atoms with Gasteiger partial charge in [0.1, 0.15) is 0 Å². The summed E-state index contributed by atoms with van der Waals surface area (Å²) < 4.78 is 0. The van der Waals surface area contributed by atoms with Gasteiger partial charge in [-0.2, -0.15) is 0 Å². The lowest BCUT2D eigenvalue weighted by Gasteiger charge is -1.82. The van der Waals surface area contributed by atoms with Crippen LogP contribution in [0, 0.1) is 20.8 Å². The Balaban J connectivity index is -0.0000000969. The molecule has 0 spiro atoms. The van der Waals surface area contributed by atoms with Crippen LogP contribution in [-0.2, 0) is 0 Å². The average Bonchev–Trinajstić information content (AvgIpc) is 2.86. The molecule has 190 valence electrons. The highest BCUT2D eigenvalue weighted by molar-refractivity contribution is 5.13. The monoisotopic (exact) mass is 454 g/mol. The minimum absolute atomic E-state index is 1.25. The quantitative estimate of drug-likeness (QED) is 0.317. The van der Waals surface area contributed by atoms with Gasteiger partial charge in [-0.1, -0.05) is 190 Å². The van der Waals surface area contributed by atoms with Gasteiger partial charge < -0.3 is 0 Å². The number of rotatable bonds is 0. The van der Waals surface area contributed by atoms with E-state index in [0.29, 0.717) is 0 Å². The Morgan fingerprint density at radius 3 is 0.515 bits per heavy atom. The zero-order valence-corrected chi connectivity index (χ0v) is 24.6. The molecule has 0 atom stereocenters. The molecule has 0 radical (unpaired) electrons. The zero-order valence-electron chi connectivity index (χ0n) is 24.6. The first-order valence-corrected chi connectivity index (χ1v) is 13.1. The van der Waals surface area contributed by atoms with Gasteiger partial charge in [0.15, 0.2) is 0 Å². The van der Waals surface area contributed by atoms with Crippen molar-refractivity contribution in [2.45, 2.75) is 103 Å². The Morgan fingerprint density at radius 2 is 0.455 bits per heavy atom. The van der Waals surface area contributed by atoms with Gasteiger partial charge in [0.05, 0.1) is 0 Å². The largest absolute Gasteiger partial charge is 0.0683 e. The third-order valence-corrected chi connectivity index (χ3v) is 2.82. The van der Waals surface area contributed by atoms with Gasteiger partial charge in [0, 0.05) is 0 Å². The maximum Gasteiger partial charge on any atom is -0.0398 e. The number of benzene rings is 3. The van der Waals surface area contributed by atoms with Gasteiger partial charge in [-0.3, -0.25) is 0 Å². The van der Waals surface area contributed by atoms with E-state index in [-0.39, 0.29) is 0 Å². The molecular weight excluding hydrogens is 396 g/mol. The molecule has 33 heavy (non-hydrogen) atoms. The van der Waals surface area contributed by atoms with E-state index in [4.69, 9.17) is 0 Å². The number of hydrogen-bond donors (Lipinski definition) is 0. The fourth-order valence-electron chi connectivity index (χ4n) is 1.60. The van der Waals surface area contributed by atoms with Crippen LogP contribution in [0.25, 0.3) is 0 Å². The van der Waals surface area contributed by atoms with Crippen molar-refractivity contribution in [3.05, 3.63) is 108 Å². The van der Waals surface area contributed by atoms with Crippen molar-refractivity contribution in [3.8, 4) is 0 Å². The first kappa shape index (κ1) is 41.0. The Morgan fingerprint density at radius 1 is 0.333 bits per heavy atom. The fourth-order valence-corrected chi connectivity index (χ4v) is 1.60. The summed E-state index contributed by atoms with van der Waals surface area (Å²) in [5.74, 6) is 0. The highest BCUT2D eigenvalue weighted by Gasteiger charge is 1.73. The van der Waals surface area contributed by atoms with E-state index in [1.165, 1.54) is 29.5 Å². The van der Waals surface area contributed by atoms with Crippen molar-refractivity contribution >= 4 is 0 Å². The topological polar surface area (TPSA) is 0 Å². The first-order chi connectivity index (χ1) is 16.0. The molecule has 3 aromatic rings. The van der Waals surface area contributed by atoms with Gasteiger partial charge >= 0.3 is 0 Å². The molecule has 3 aromatic carbocycles. The van der Waals surface area contributed by atoms with Crippen molar-refractivity contribution in [3.63, 3.8) is 0 Å². The molecule has 0 saturated carbocycles. The summed E-state index contributed by atoms with van der Waals surface area (Å²) in [5.41, 5.74) is 3.97. The molecule has 0 amide bonds. The molecule has 0 aliphatic heterocycles. The Kier molecular flexibility index (Phi) is 54.0. The minimum atomic E-state index is 1.25. The Hall–Kier alpha value is -2.34. The third-order valence-electron chi connectivity index (χ3n) is 2.82. The molecule has 0 fully saturated rings. The van der Waals surface area contributed by atoms with Crippen LogP contribution in [0.4, 0.5) is 0 Å². The lowest BCUT2D eigenvalue weighted by Crippen LogP contribution is -1.62. The standard InChI is InChI=1S/3C7H8.2C3H8.3C2H6/c3*1-7-5-3-2-4-6-7;2*1-3-2;3*1-2/h3*2-6H,1H3;2*3H2,1-2H3;3*1-2H3. The van der Waals surface area contributed by atoms with E-state index in [1.54, 1.807) is 0 Å². The second kappa shape index (κ2) is 43.5. The van der Waals surface area contributed by atoms with Crippen LogP contribution in [-0.4, -0.2) is 0 Å². The van der Waals surface area contributed by atoms with Crippen LogP contribution in [0.5, 0.6) is 0 Å². The molecule has 0 heteroatoms. The molecule has 3 rings (SSSR count). The van der Waals surface area contributed by atoms with E-state index >= 15 is 0 Å². The molecule has 0 saturated heterocycles. The second-order valence-corrected chi connectivity index (χ2v) is 6.38. The average molecular weight is 455 g/mol. The lowest BCUT2D eigenvalue weighted by atomic mass is 10.2. The van der Waals surface area contributed by atoms with E-state index in [0.717, 1.165) is 0 Å². The second-order valence-electron chi connectivity index (χ2n) is 6.38. The maximum atomic E-state index is 2.12. The Labute approximate surface area is 210 Å². The van der Waals surface area contributed by atoms with Crippen LogP contribution >= 0.6 is 0 Å². The van der Waals surface area contributed by atoms with E-state index < -0.39 is 0 Å². The molecule has 0 aromatic heterocycles. The smallest absolute Gasteiger partial charge is 0.0398 e. The first-order valence-electron chi connectivity index (χ1n) is 13.1. The molecular formula is C33H58. The summed E-state index contributed by atoms with van der Waals surface area (Å²) in [6, 6.07) is 30.8. The number of hydrogen-bond acceptors (Lipinski definition) is 0. The molecule has 0 aliphatic carbocycles. The summed E-state index contributed by atoms with van der Waals surface area (Å²) in [5, 5.41) is 0. The molecule has 0 bridgehead atoms. The molecule has 0 N–H and O–H groups in total. The summed E-state index contributed by atoms with van der Waals surface area (Å²) in [6.45, 7) is 26.7. The van der Waals surface area contributed by atoms with Gasteiger partial charge in [-0.05, 0) is 20.8 Å². The normalized spacial score (nSPS) is 7.18. The van der Waals surface area contributed by atoms with Crippen LogP contribution in [0.3, 0.4) is 0 Å². The highest BCUT2D eigenvalue weighted by Crippen LogP contribution is 1.93. The van der Waals surface area contributed by atoms with Gasteiger partial charge in [-0.15, -0.1) is 0 Å².